The Balaban J connectivity index is 2.80. The monoisotopic (exact) mass is 258 g/mol. The van der Waals surface area contributed by atoms with Crippen LogP contribution in [0.4, 0.5) is 5.69 Å². The fourth-order valence-corrected chi connectivity index (χ4v) is 2.86. The zero-order valence-corrected chi connectivity index (χ0v) is 8.80. The summed E-state index contributed by atoms with van der Waals surface area (Å²) in [5.74, 6) is 0. The van der Waals surface area contributed by atoms with Crippen molar-refractivity contribution in [2.45, 2.75) is 0 Å². The molecule has 0 bridgehead atoms. The Kier molecular flexibility index (Phi) is 2.25. The smallest absolute Gasteiger partial charge is 0.0607 e. The van der Waals surface area contributed by atoms with E-state index in [1.807, 2.05) is 11.4 Å². The lowest BCUT2D eigenvalue weighted by Gasteiger charge is -2.22. The number of thiophene rings is 1. The van der Waals surface area contributed by atoms with E-state index >= 15 is 0 Å². The Morgan fingerprint density at radius 3 is 2.92 bits per heavy atom. The molecule has 0 aliphatic rings. The first-order valence-electron chi connectivity index (χ1n) is 3.52. The molecule has 0 radical (unpaired) electrons. The number of rotatable bonds is 1. The van der Waals surface area contributed by atoms with Crippen molar-refractivity contribution in [3.05, 3.63) is 33.3 Å². The highest BCUT2D eigenvalue weighted by Crippen LogP contribution is 2.36. The third-order valence-electron chi connectivity index (χ3n) is 1.74. The quantitative estimate of drug-likeness (QED) is 0.799. The van der Waals surface area contributed by atoms with Crippen molar-refractivity contribution < 1.29 is 5.21 Å². The van der Waals surface area contributed by atoms with Crippen LogP contribution in [0.3, 0.4) is 0 Å². The second-order valence-corrected chi connectivity index (χ2v) is 4.27. The molecule has 1 aromatic heterocycles. The lowest BCUT2D eigenvalue weighted by atomic mass is 10.2. The minimum atomic E-state index is -0.111. The normalized spacial score (nSPS) is 10.7. The minimum absolute atomic E-state index is 0.111. The van der Waals surface area contributed by atoms with Gasteiger partial charge in [0.15, 0.2) is 0 Å². The van der Waals surface area contributed by atoms with Gasteiger partial charge in [-0.3, -0.25) is 5.21 Å². The zero-order chi connectivity index (χ0) is 9.42. The van der Waals surface area contributed by atoms with Crippen molar-refractivity contribution in [2.75, 3.05) is 5.23 Å². The number of anilines is 1. The van der Waals surface area contributed by atoms with E-state index in [0.717, 1.165) is 14.6 Å². The summed E-state index contributed by atoms with van der Waals surface area (Å²) < 4.78 is 1.80. The van der Waals surface area contributed by atoms with E-state index in [0.29, 0.717) is 0 Å². The summed E-state index contributed by atoms with van der Waals surface area (Å²) in [6, 6.07) is 5.21. The lowest BCUT2D eigenvalue weighted by Crippen LogP contribution is -2.06. The largest absolute Gasteiger partial charge is 0.733 e. The summed E-state index contributed by atoms with van der Waals surface area (Å²) >= 11 is 4.84. The fraction of sp³-hybridized carbons (Fsp3) is 0. The van der Waals surface area contributed by atoms with E-state index in [2.05, 4.69) is 15.9 Å². The molecule has 2 aromatic rings. The second kappa shape index (κ2) is 3.26. The first kappa shape index (κ1) is 8.96. The van der Waals surface area contributed by atoms with Gasteiger partial charge in [-0.2, -0.15) is 0 Å². The van der Waals surface area contributed by atoms with E-state index < -0.39 is 0 Å². The van der Waals surface area contributed by atoms with Crippen molar-refractivity contribution in [1.29, 1.82) is 0 Å². The van der Waals surface area contributed by atoms with Crippen molar-refractivity contribution in [2.24, 2.45) is 0 Å². The van der Waals surface area contributed by atoms with Gasteiger partial charge in [0.05, 0.1) is 5.69 Å². The molecule has 0 saturated carbocycles. The SMILES string of the molecule is [O-]N(O)c1cccc2scc(Br)c12. The highest BCUT2D eigenvalue weighted by atomic mass is 79.9. The van der Waals surface area contributed by atoms with E-state index in [1.54, 1.807) is 12.1 Å². The number of benzene rings is 1. The van der Waals surface area contributed by atoms with Gasteiger partial charge in [0.2, 0.25) is 0 Å². The van der Waals surface area contributed by atoms with Crippen LogP contribution >= 0.6 is 27.3 Å². The third-order valence-corrected chi connectivity index (χ3v) is 3.61. The minimum Gasteiger partial charge on any atom is -0.733 e. The fourth-order valence-electron chi connectivity index (χ4n) is 1.19. The molecule has 0 aliphatic carbocycles. The van der Waals surface area contributed by atoms with Crippen LogP contribution in [0.25, 0.3) is 10.1 Å². The molecule has 0 unspecified atom stereocenters. The van der Waals surface area contributed by atoms with Crippen molar-refractivity contribution >= 4 is 43.0 Å². The maximum absolute atomic E-state index is 10.8. The van der Waals surface area contributed by atoms with E-state index in [4.69, 9.17) is 5.21 Å². The van der Waals surface area contributed by atoms with Crippen LogP contribution in [0, 0.1) is 5.21 Å². The van der Waals surface area contributed by atoms with Crippen molar-refractivity contribution in [1.82, 2.24) is 0 Å². The first-order chi connectivity index (χ1) is 6.20. The highest BCUT2D eigenvalue weighted by molar-refractivity contribution is 9.10. The number of nitrogens with zero attached hydrogens (tertiary/aromatic N) is 1. The van der Waals surface area contributed by atoms with Gasteiger partial charge in [0.1, 0.15) is 0 Å². The van der Waals surface area contributed by atoms with Gasteiger partial charge in [-0.25, -0.2) is 0 Å². The van der Waals surface area contributed by atoms with Crippen LogP contribution in [0.5, 0.6) is 0 Å². The second-order valence-electron chi connectivity index (χ2n) is 2.51. The molecule has 0 atom stereocenters. The maximum Gasteiger partial charge on any atom is 0.0607 e. The molecule has 68 valence electrons. The summed E-state index contributed by atoms with van der Waals surface area (Å²) in [7, 11) is 0. The summed E-state index contributed by atoms with van der Waals surface area (Å²) in [5, 5.41) is 22.1. The number of halogens is 1. The van der Waals surface area contributed by atoms with Gasteiger partial charge in [-0.05, 0) is 28.1 Å². The van der Waals surface area contributed by atoms with Crippen LogP contribution in [-0.4, -0.2) is 5.21 Å². The van der Waals surface area contributed by atoms with Crippen molar-refractivity contribution in [3.8, 4) is 0 Å². The van der Waals surface area contributed by atoms with Crippen LogP contribution in [0.15, 0.2) is 28.1 Å². The molecule has 5 heteroatoms. The molecule has 13 heavy (non-hydrogen) atoms. The predicted molar refractivity (Wildman–Crippen MR) is 57.2 cm³/mol. The lowest BCUT2D eigenvalue weighted by molar-refractivity contribution is 0.297. The summed E-state index contributed by atoms with van der Waals surface area (Å²) in [4.78, 5) is 0. The van der Waals surface area contributed by atoms with Crippen LogP contribution in [0.1, 0.15) is 0 Å². The van der Waals surface area contributed by atoms with E-state index in [9.17, 15) is 5.21 Å². The highest BCUT2D eigenvalue weighted by Gasteiger charge is 2.06. The van der Waals surface area contributed by atoms with Crippen LogP contribution < -0.4 is 5.23 Å². The van der Waals surface area contributed by atoms with Gasteiger partial charge >= 0.3 is 0 Å². The Morgan fingerprint density at radius 2 is 2.23 bits per heavy atom. The maximum atomic E-state index is 10.8. The van der Waals surface area contributed by atoms with Gasteiger partial charge < -0.3 is 10.4 Å². The first-order valence-corrected chi connectivity index (χ1v) is 5.19. The van der Waals surface area contributed by atoms with E-state index in [1.165, 1.54) is 11.3 Å². The number of hydrogen-bond acceptors (Lipinski definition) is 4. The van der Waals surface area contributed by atoms with E-state index in [-0.39, 0.29) is 10.9 Å². The van der Waals surface area contributed by atoms with Gasteiger partial charge in [-0.1, -0.05) is 6.07 Å². The van der Waals surface area contributed by atoms with Gasteiger partial charge in [-0.15, -0.1) is 11.3 Å². The molecule has 1 heterocycles. The Bertz CT molecular complexity index is 441. The summed E-state index contributed by atoms with van der Waals surface area (Å²) in [6.07, 6.45) is 0. The number of fused-ring (bicyclic) bond motifs is 1. The van der Waals surface area contributed by atoms with Crippen LogP contribution in [0.2, 0.25) is 0 Å². The van der Waals surface area contributed by atoms with Crippen molar-refractivity contribution in [3.63, 3.8) is 0 Å². The molecule has 0 fully saturated rings. The molecule has 2 rings (SSSR count). The molecule has 0 saturated heterocycles. The molecule has 1 aromatic carbocycles. The molecule has 0 spiro atoms. The van der Waals surface area contributed by atoms with Gasteiger partial charge in [0.25, 0.3) is 0 Å². The Labute approximate surface area is 86.9 Å². The summed E-state index contributed by atoms with van der Waals surface area (Å²) in [6.45, 7) is 0. The van der Waals surface area contributed by atoms with Crippen LogP contribution in [-0.2, 0) is 0 Å². The average Bonchev–Trinajstić information content (AvgIpc) is 2.48. The molecular formula is C8H5BrNO2S-. The van der Waals surface area contributed by atoms with Gasteiger partial charge in [0, 0.05) is 19.9 Å². The standard InChI is InChI=1S/C8H5BrNO2S/c9-5-4-13-7-3-1-2-6(8(5)7)10(11)12/h1-4,11H/q-1. The Hall–Kier alpha value is -0.620. The molecular weight excluding hydrogens is 254 g/mol. The third kappa shape index (κ3) is 1.44. The number of hydrogen-bond donors (Lipinski definition) is 1. The molecule has 0 amide bonds. The Morgan fingerprint density at radius 1 is 1.46 bits per heavy atom. The molecule has 3 nitrogen and oxygen atoms in total. The zero-order valence-electron chi connectivity index (χ0n) is 6.40. The molecule has 0 aliphatic heterocycles. The predicted octanol–water partition coefficient (Wildman–Crippen LogP) is 3.36. The molecule has 1 N–H and O–H groups in total. The average molecular weight is 259 g/mol. The topological polar surface area (TPSA) is 46.5 Å². The summed E-state index contributed by atoms with van der Waals surface area (Å²) in [5.41, 5.74) is 0.269.